The smallest absolute Gasteiger partial charge is 0.233 e. The second kappa shape index (κ2) is 6.81. The number of benzene rings is 1. The van der Waals surface area contributed by atoms with Crippen LogP contribution in [0.5, 0.6) is 0 Å². The summed E-state index contributed by atoms with van der Waals surface area (Å²) in [6.07, 6.45) is 1.95. The first-order valence-corrected chi connectivity index (χ1v) is 8.75. The molecule has 0 aromatic heterocycles. The van der Waals surface area contributed by atoms with E-state index in [-0.39, 0.29) is 23.7 Å². The Kier molecular flexibility index (Phi) is 4.92. The average molecular weight is 335 g/mol. The minimum atomic E-state index is -0.936. The summed E-state index contributed by atoms with van der Waals surface area (Å²) in [6.45, 7) is 5.26. The van der Waals surface area contributed by atoms with Crippen LogP contribution in [-0.4, -0.2) is 47.8 Å². The Bertz CT molecular complexity index is 604. The minimum absolute atomic E-state index is 0.0288. The van der Waals surface area contributed by atoms with Crippen molar-refractivity contribution in [2.75, 3.05) is 19.8 Å². The number of likely N-dealkylation sites (tertiary alicyclic amines) is 1. The highest BCUT2D eigenvalue weighted by Crippen LogP contribution is 2.35. The highest BCUT2D eigenvalue weighted by atomic mass is 19.1. The number of rotatable bonds is 3. The van der Waals surface area contributed by atoms with E-state index in [1.165, 1.54) is 6.07 Å². The molecule has 1 aromatic carbocycles. The summed E-state index contributed by atoms with van der Waals surface area (Å²) in [5.41, 5.74) is -0.518. The summed E-state index contributed by atoms with van der Waals surface area (Å²) in [6, 6.07) is 6.43. The first-order valence-electron chi connectivity index (χ1n) is 8.75. The van der Waals surface area contributed by atoms with Crippen LogP contribution in [0.1, 0.15) is 38.7 Å². The van der Waals surface area contributed by atoms with Crippen LogP contribution in [-0.2, 0) is 14.9 Å². The van der Waals surface area contributed by atoms with Crippen molar-refractivity contribution in [3.63, 3.8) is 0 Å². The van der Waals surface area contributed by atoms with Crippen LogP contribution < -0.4 is 0 Å². The Morgan fingerprint density at radius 3 is 2.79 bits per heavy atom. The van der Waals surface area contributed by atoms with Gasteiger partial charge < -0.3 is 14.7 Å². The number of nitrogens with zero attached hydrogens (tertiary/aromatic N) is 1. The third-order valence-corrected chi connectivity index (χ3v) is 5.50. The summed E-state index contributed by atoms with van der Waals surface area (Å²) < 4.78 is 19.7. The molecule has 2 fully saturated rings. The van der Waals surface area contributed by atoms with Gasteiger partial charge in [0.05, 0.1) is 18.1 Å². The number of halogens is 1. The second-order valence-electron chi connectivity index (χ2n) is 7.41. The van der Waals surface area contributed by atoms with Crippen LogP contribution in [0, 0.1) is 11.7 Å². The van der Waals surface area contributed by atoms with Gasteiger partial charge in [0.25, 0.3) is 0 Å². The Labute approximate surface area is 142 Å². The summed E-state index contributed by atoms with van der Waals surface area (Å²) in [7, 11) is 0. The van der Waals surface area contributed by atoms with Crippen molar-refractivity contribution in [2.24, 2.45) is 5.92 Å². The van der Waals surface area contributed by atoms with Crippen molar-refractivity contribution in [3.05, 3.63) is 35.6 Å². The monoisotopic (exact) mass is 335 g/mol. The van der Waals surface area contributed by atoms with Gasteiger partial charge in [-0.2, -0.15) is 0 Å². The first kappa shape index (κ1) is 17.4. The molecule has 2 heterocycles. The third kappa shape index (κ3) is 3.07. The molecular formula is C19H26FNO3. The summed E-state index contributed by atoms with van der Waals surface area (Å²) in [5.74, 6) is -0.484. The van der Waals surface area contributed by atoms with Gasteiger partial charge in [-0.05, 0) is 39.2 Å². The SMILES string of the molecule is CC(C)(C(=O)N1CCC[C@@H]1[C@H]1COCC[C@H]1O)c1ccccc1F. The van der Waals surface area contributed by atoms with Crippen LogP contribution in [0.25, 0.3) is 0 Å². The highest BCUT2D eigenvalue weighted by molar-refractivity contribution is 5.88. The Balaban J connectivity index is 1.84. The second-order valence-corrected chi connectivity index (χ2v) is 7.41. The fraction of sp³-hybridized carbons (Fsp3) is 0.632. The average Bonchev–Trinajstić information content (AvgIpc) is 3.04. The Hall–Kier alpha value is -1.46. The van der Waals surface area contributed by atoms with E-state index in [1.807, 2.05) is 4.90 Å². The fourth-order valence-corrected chi connectivity index (χ4v) is 4.05. The molecule has 0 saturated carbocycles. The molecule has 2 saturated heterocycles. The van der Waals surface area contributed by atoms with Gasteiger partial charge in [-0.1, -0.05) is 18.2 Å². The van der Waals surface area contributed by atoms with Gasteiger partial charge in [0.2, 0.25) is 5.91 Å². The largest absolute Gasteiger partial charge is 0.393 e. The molecule has 1 N–H and O–H groups in total. The van der Waals surface area contributed by atoms with Crippen molar-refractivity contribution in [1.29, 1.82) is 0 Å². The van der Waals surface area contributed by atoms with E-state index in [0.717, 1.165) is 12.8 Å². The van der Waals surface area contributed by atoms with Crippen molar-refractivity contribution in [3.8, 4) is 0 Å². The zero-order valence-corrected chi connectivity index (χ0v) is 14.4. The third-order valence-electron chi connectivity index (χ3n) is 5.50. The number of carbonyl (C=O) groups is 1. The maximum Gasteiger partial charge on any atom is 0.233 e. The van der Waals surface area contributed by atoms with Crippen LogP contribution in [0.4, 0.5) is 4.39 Å². The van der Waals surface area contributed by atoms with Gasteiger partial charge in [0, 0.05) is 30.7 Å². The normalized spacial score (nSPS) is 28.2. The maximum atomic E-state index is 14.2. The maximum absolute atomic E-state index is 14.2. The molecule has 0 unspecified atom stereocenters. The van der Waals surface area contributed by atoms with E-state index in [9.17, 15) is 14.3 Å². The molecule has 1 aromatic rings. The van der Waals surface area contributed by atoms with Gasteiger partial charge in [-0.3, -0.25) is 4.79 Å². The topological polar surface area (TPSA) is 49.8 Å². The van der Waals surface area contributed by atoms with Gasteiger partial charge in [0.1, 0.15) is 5.82 Å². The zero-order chi connectivity index (χ0) is 17.3. The number of aliphatic hydroxyl groups is 1. The van der Waals surface area contributed by atoms with Crippen LogP contribution in [0.3, 0.4) is 0 Å². The van der Waals surface area contributed by atoms with E-state index in [0.29, 0.717) is 31.7 Å². The van der Waals surface area contributed by atoms with E-state index < -0.39 is 11.5 Å². The van der Waals surface area contributed by atoms with Crippen LogP contribution in [0.2, 0.25) is 0 Å². The lowest BCUT2D eigenvalue weighted by molar-refractivity contribution is -0.141. The molecule has 5 heteroatoms. The van der Waals surface area contributed by atoms with Gasteiger partial charge >= 0.3 is 0 Å². The summed E-state index contributed by atoms with van der Waals surface area (Å²) in [5, 5.41) is 10.3. The predicted octanol–water partition coefficient (Wildman–Crippen LogP) is 2.49. The van der Waals surface area contributed by atoms with E-state index in [1.54, 1.807) is 32.0 Å². The van der Waals surface area contributed by atoms with E-state index in [2.05, 4.69) is 0 Å². The molecule has 2 aliphatic heterocycles. The number of ether oxygens (including phenoxy) is 1. The molecule has 0 radical (unpaired) electrons. The number of aliphatic hydroxyl groups excluding tert-OH is 1. The number of hydrogen-bond donors (Lipinski definition) is 1. The molecule has 0 spiro atoms. The molecule has 3 rings (SSSR count). The predicted molar refractivity (Wildman–Crippen MR) is 89.1 cm³/mol. The highest BCUT2D eigenvalue weighted by Gasteiger charge is 2.44. The lowest BCUT2D eigenvalue weighted by atomic mass is 9.81. The molecule has 2 aliphatic rings. The van der Waals surface area contributed by atoms with E-state index in [4.69, 9.17) is 4.74 Å². The Morgan fingerprint density at radius 2 is 2.08 bits per heavy atom. The minimum Gasteiger partial charge on any atom is -0.393 e. The van der Waals surface area contributed by atoms with Gasteiger partial charge in [-0.15, -0.1) is 0 Å². The number of carbonyl (C=O) groups excluding carboxylic acids is 1. The molecule has 1 amide bonds. The molecule has 0 bridgehead atoms. The van der Waals surface area contributed by atoms with Crippen molar-refractivity contribution < 1.29 is 19.0 Å². The van der Waals surface area contributed by atoms with Gasteiger partial charge in [-0.25, -0.2) is 4.39 Å². The fourth-order valence-electron chi connectivity index (χ4n) is 4.05. The van der Waals surface area contributed by atoms with Crippen LogP contribution in [0.15, 0.2) is 24.3 Å². The number of amides is 1. The molecule has 132 valence electrons. The van der Waals surface area contributed by atoms with E-state index >= 15 is 0 Å². The van der Waals surface area contributed by atoms with Crippen molar-refractivity contribution in [2.45, 2.75) is 50.7 Å². The molecular weight excluding hydrogens is 309 g/mol. The first-order chi connectivity index (χ1) is 11.4. The molecule has 0 aliphatic carbocycles. The molecule has 3 atom stereocenters. The van der Waals surface area contributed by atoms with Crippen LogP contribution >= 0.6 is 0 Å². The van der Waals surface area contributed by atoms with Crippen molar-refractivity contribution >= 4 is 5.91 Å². The quantitative estimate of drug-likeness (QED) is 0.923. The summed E-state index contributed by atoms with van der Waals surface area (Å²) >= 11 is 0. The molecule has 4 nitrogen and oxygen atoms in total. The van der Waals surface area contributed by atoms with Crippen molar-refractivity contribution in [1.82, 2.24) is 4.90 Å². The lowest BCUT2D eigenvalue weighted by Crippen LogP contribution is -2.52. The summed E-state index contributed by atoms with van der Waals surface area (Å²) in [4.78, 5) is 15.1. The number of hydrogen-bond acceptors (Lipinski definition) is 3. The lowest BCUT2D eigenvalue weighted by Gasteiger charge is -2.40. The zero-order valence-electron chi connectivity index (χ0n) is 14.4. The van der Waals surface area contributed by atoms with Gasteiger partial charge in [0.15, 0.2) is 0 Å². The Morgan fingerprint density at radius 1 is 1.33 bits per heavy atom. The molecule has 24 heavy (non-hydrogen) atoms. The standard InChI is InChI=1S/C19H26FNO3/c1-19(2,14-6-3-4-7-15(14)20)18(23)21-10-5-8-16(21)13-12-24-11-9-17(13)22/h3-4,6-7,13,16-17,22H,5,8-12H2,1-2H3/t13-,16-,17-/m1/s1.